The van der Waals surface area contributed by atoms with Crippen molar-refractivity contribution in [1.29, 1.82) is 0 Å². The molecule has 0 unspecified atom stereocenters. The van der Waals surface area contributed by atoms with Crippen molar-refractivity contribution in [3.63, 3.8) is 0 Å². The van der Waals surface area contributed by atoms with Crippen LogP contribution in [0.3, 0.4) is 0 Å². The number of hydrogen-bond donors (Lipinski definition) is 0. The van der Waals surface area contributed by atoms with Crippen LogP contribution in [0.1, 0.15) is 104 Å². The summed E-state index contributed by atoms with van der Waals surface area (Å²) in [5.41, 5.74) is 0. The van der Waals surface area contributed by atoms with Gasteiger partial charge in [-0.05, 0) is 25.0 Å². The van der Waals surface area contributed by atoms with Crippen molar-refractivity contribution in [2.45, 2.75) is 104 Å². The summed E-state index contributed by atoms with van der Waals surface area (Å²) < 4.78 is 10.8. The van der Waals surface area contributed by atoms with E-state index in [9.17, 15) is 9.59 Å². The summed E-state index contributed by atoms with van der Waals surface area (Å²) in [4.78, 5) is 24.1. The molecule has 0 spiro atoms. The van der Waals surface area contributed by atoms with Gasteiger partial charge >= 0.3 is 11.9 Å². The molecule has 0 saturated carbocycles. The van der Waals surface area contributed by atoms with Crippen LogP contribution in [0.15, 0.2) is 24.3 Å². The maximum atomic E-state index is 12.1. The number of esters is 2. The topological polar surface area (TPSA) is 52.6 Å². The zero-order chi connectivity index (χ0) is 20.5. The second-order valence-electron chi connectivity index (χ2n) is 7.43. The lowest BCUT2D eigenvalue weighted by molar-refractivity contribution is -0.137. The number of para-hydroxylation sites is 2. The van der Waals surface area contributed by atoms with Gasteiger partial charge in [0.2, 0.25) is 0 Å². The molecule has 0 aromatic heterocycles. The Morgan fingerprint density at radius 1 is 0.607 bits per heavy atom. The molecule has 1 aromatic rings. The highest BCUT2D eigenvalue weighted by Gasteiger charge is 2.13. The van der Waals surface area contributed by atoms with Gasteiger partial charge in [-0.2, -0.15) is 0 Å². The Hall–Kier alpha value is -1.84. The standard InChI is InChI=1S/C24H38O4/c1-3-5-7-9-10-11-12-14-20-24(26)28-22-18-16-15-17-21(22)27-23(25)19-13-8-6-4-2/h15-18H,3-14,19-20H2,1-2H3. The fraction of sp³-hybridized carbons (Fsp3) is 0.667. The van der Waals surface area contributed by atoms with Gasteiger partial charge in [-0.15, -0.1) is 0 Å². The molecule has 0 aliphatic carbocycles. The fourth-order valence-corrected chi connectivity index (χ4v) is 3.07. The Bertz CT molecular complexity index is 553. The van der Waals surface area contributed by atoms with Gasteiger partial charge in [0.25, 0.3) is 0 Å². The molecule has 4 heteroatoms. The van der Waals surface area contributed by atoms with Crippen molar-refractivity contribution in [3.05, 3.63) is 24.3 Å². The number of benzene rings is 1. The highest BCUT2D eigenvalue weighted by Crippen LogP contribution is 2.27. The summed E-state index contributed by atoms with van der Waals surface area (Å²) >= 11 is 0. The highest BCUT2D eigenvalue weighted by molar-refractivity contribution is 5.76. The molecular weight excluding hydrogens is 352 g/mol. The van der Waals surface area contributed by atoms with E-state index < -0.39 is 0 Å². The van der Waals surface area contributed by atoms with Crippen LogP contribution < -0.4 is 9.47 Å². The number of carbonyl (C=O) groups is 2. The Morgan fingerprint density at radius 3 is 1.39 bits per heavy atom. The van der Waals surface area contributed by atoms with E-state index in [1.165, 1.54) is 38.5 Å². The van der Waals surface area contributed by atoms with E-state index in [-0.39, 0.29) is 11.9 Å². The molecule has 0 radical (unpaired) electrons. The van der Waals surface area contributed by atoms with E-state index in [0.29, 0.717) is 24.3 Å². The molecule has 1 rings (SSSR count). The van der Waals surface area contributed by atoms with Gasteiger partial charge in [-0.25, -0.2) is 0 Å². The monoisotopic (exact) mass is 390 g/mol. The molecule has 1 aromatic carbocycles. The molecule has 0 aliphatic heterocycles. The molecule has 0 aliphatic rings. The normalized spacial score (nSPS) is 10.6. The van der Waals surface area contributed by atoms with Crippen LogP contribution in [-0.2, 0) is 9.59 Å². The van der Waals surface area contributed by atoms with Crippen molar-refractivity contribution in [2.75, 3.05) is 0 Å². The predicted molar refractivity (Wildman–Crippen MR) is 114 cm³/mol. The van der Waals surface area contributed by atoms with Crippen molar-refractivity contribution in [1.82, 2.24) is 0 Å². The van der Waals surface area contributed by atoms with Gasteiger partial charge < -0.3 is 9.47 Å². The first-order valence-electron chi connectivity index (χ1n) is 11.2. The van der Waals surface area contributed by atoms with E-state index in [1.807, 2.05) is 0 Å². The van der Waals surface area contributed by atoms with Crippen molar-refractivity contribution in [3.8, 4) is 11.5 Å². The predicted octanol–water partition coefficient (Wildman–Crippen LogP) is 7.00. The van der Waals surface area contributed by atoms with Gasteiger partial charge in [-0.3, -0.25) is 9.59 Å². The minimum absolute atomic E-state index is 0.266. The number of rotatable bonds is 16. The molecule has 0 atom stereocenters. The molecule has 0 N–H and O–H groups in total. The van der Waals surface area contributed by atoms with Crippen LogP contribution in [0.5, 0.6) is 11.5 Å². The third-order valence-corrected chi connectivity index (χ3v) is 4.77. The SMILES string of the molecule is CCCCCCCCCCC(=O)Oc1ccccc1OC(=O)CCCCCC. The molecule has 0 amide bonds. The maximum Gasteiger partial charge on any atom is 0.311 e. The largest absolute Gasteiger partial charge is 0.423 e. The summed E-state index contributed by atoms with van der Waals surface area (Å²) in [6, 6.07) is 6.89. The van der Waals surface area contributed by atoms with E-state index >= 15 is 0 Å². The average molecular weight is 391 g/mol. The van der Waals surface area contributed by atoms with Crippen molar-refractivity contribution in [2.24, 2.45) is 0 Å². The maximum absolute atomic E-state index is 12.1. The van der Waals surface area contributed by atoms with Gasteiger partial charge in [-0.1, -0.05) is 90.2 Å². The van der Waals surface area contributed by atoms with Crippen LogP contribution in [0, 0.1) is 0 Å². The molecule has 0 fully saturated rings. The zero-order valence-corrected chi connectivity index (χ0v) is 17.8. The second kappa shape index (κ2) is 16.1. The fourth-order valence-electron chi connectivity index (χ4n) is 3.07. The van der Waals surface area contributed by atoms with Crippen LogP contribution in [0.2, 0.25) is 0 Å². The molecule has 0 saturated heterocycles. The minimum atomic E-state index is -0.275. The summed E-state index contributed by atoms with van der Waals surface area (Å²) in [6.07, 6.45) is 14.4. The third-order valence-electron chi connectivity index (χ3n) is 4.77. The van der Waals surface area contributed by atoms with Gasteiger partial charge in [0.15, 0.2) is 11.5 Å². The smallest absolute Gasteiger partial charge is 0.311 e. The molecular formula is C24H38O4. The third kappa shape index (κ3) is 11.8. The van der Waals surface area contributed by atoms with E-state index in [4.69, 9.17) is 9.47 Å². The summed E-state index contributed by atoms with van der Waals surface area (Å²) in [5.74, 6) is 0.112. The van der Waals surface area contributed by atoms with E-state index in [2.05, 4.69) is 13.8 Å². The lowest BCUT2D eigenvalue weighted by atomic mass is 10.1. The molecule has 28 heavy (non-hydrogen) atoms. The highest BCUT2D eigenvalue weighted by atomic mass is 16.6. The van der Waals surface area contributed by atoms with Gasteiger partial charge in [0, 0.05) is 12.8 Å². The van der Waals surface area contributed by atoms with E-state index in [1.54, 1.807) is 24.3 Å². The minimum Gasteiger partial charge on any atom is -0.423 e. The van der Waals surface area contributed by atoms with Gasteiger partial charge in [0.05, 0.1) is 0 Å². The summed E-state index contributed by atoms with van der Waals surface area (Å²) in [6.45, 7) is 4.36. The lowest BCUT2D eigenvalue weighted by Gasteiger charge is -2.10. The first kappa shape index (κ1) is 24.2. The average Bonchev–Trinajstić information content (AvgIpc) is 2.69. The van der Waals surface area contributed by atoms with Crippen LogP contribution >= 0.6 is 0 Å². The Morgan fingerprint density at radius 2 is 0.964 bits per heavy atom. The quantitative estimate of drug-likeness (QED) is 0.173. The van der Waals surface area contributed by atoms with Gasteiger partial charge in [0.1, 0.15) is 0 Å². The molecule has 0 heterocycles. The Kier molecular flexibility index (Phi) is 14.0. The van der Waals surface area contributed by atoms with Crippen LogP contribution in [-0.4, -0.2) is 11.9 Å². The lowest BCUT2D eigenvalue weighted by Crippen LogP contribution is -2.12. The number of ether oxygens (including phenoxy) is 2. The molecule has 0 bridgehead atoms. The first-order valence-corrected chi connectivity index (χ1v) is 11.2. The Labute approximate surface area is 171 Å². The van der Waals surface area contributed by atoms with Crippen molar-refractivity contribution < 1.29 is 19.1 Å². The number of carbonyl (C=O) groups excluding carboxylic acids is 2. The van der Waals surface area contributed by atoms with Crippen LogP contribution in [0.25, 0.3) is 0 Å². The number of hydrogen-bond acceptors (Lipinski definition) is 4. The van der Waals surface area contributed by atoms with Crippen LogP contribution in [0.4, 0.5) is 0 Å². The zero-order valence-electron chi connectivity index (χ0n) is 17.8. The second-order valence-corrected chi connectivity index (χ2v) is 7.43. The van der Waals surface area contributed by atoms with E-state index in [0.717, 1.165) is 38.5 Å². The Balaban J connectivity index is 2.29. The molecule has 4 nitrogen and oxygen atoms in total. The first-order chi connectivity index (χ1) is 13.7. The van der Waals surface area contributed by atoms with Crippen molar-refractivity contribution >= 4 is 11.9 Å². The molecule has 158 valence electrons. The summed E-state index contributed by atoms with van der Waals surface area (Å²) in [7, 11) is 0. The number of unbranched alkanes of at least 4 members (excludes halogenated alkanes) is 10. The summed E-state index contributed by atoms with van der Waals surface area (Å²) in [5, 5.41) is 0.